The Morgan fingerprint density at radius 1 is 1.24 bits per heavy atom. The lowest BCUT2D eigenvalue weighted by molar-refractivity contribution is 0.242. The van der Waals surface area contributed by atoms with Crippen molar-refractivity contribution in [3.8, 4) is 0 Å². The van der Waals surface area contributed by atoms with Gasteiger partial charge in [-0.3, -0.25) is 9.55 Å². The average Bonchev–Trinajstić information content (AvgIpc) is 2.89. The summed E-state index contributed by atoms with van der Waals surface area (Å²) in [5.41, 5.74) is 1.23. The standard InChI is InChI=1S/C12H14N4O/c17-12(16-9-8-14-10-16)15-5-1-2-11-3-6-13-7-4-11/h3-4,6-10H,1-2,5H2,(H,15,17). The van der Waals surface area contributed by atoms with E-state index in [0.29, 0.717) is 6.54 Å². The molecule has 2 heterocycles. The second kappa shape index (κ2) is 5.79. The van der Waals surface area contributed by atoms with Gasteiger partial charge < -0.3 is 5.32 Å². The Bertz CT molecular complexity index is 453. The van der Waals surface area contributed by atoms with Crippen molar-refractivity contribution in [1.29, 1.82) is 0 Å². The number of imidazole rings is 1. The molecule has 0 aliphatic carbocycles. The molecule has 5 nitrogen and oxygen atoms in total. The SMILES string of the molecule is O=C(NCCCc1ccncc1)n1ccnc1. The Morgan fingerprint density at radius 3 is 2.76 bits per heavy atom. The number of carbonyl (C=O) groups is 1. The van der Waals surface area contributed by atoms with Gasteiger partial charge in [0.25, 0.3) is 0 Å². The largest absolute Gasteiger partial charge is 0.337 e. The maximum Gasteiger partial charge on any atom is 0.326 e. The lowest BCUT2D eigenvalue weighted by atomic mass is 10.1. The summed E-state index contributed by atoms with van der Waals surface area (Å²) >= 11 is 0. The normalized spacial score (nSPS) is 10.1. The van der Waals surface area contributed by atoms with Gasteiger partial charge in [0.2, 0.25) is 0 Å². The maximum absolute atomic E-state index is 11.5. The van der Waals surface area contributed by atoms with E-state index < -0.39 is 0 Å². The number of hydrogen-bond acceptors (Lipinski definition) is 3. The van der Waals surface area contributed by atoms with Gasteiger partial charge in [0.15, 0.2) is 0 Å². The van der Waals surface area contributed by atoms with Crippen LogP contribution in [0.5, 0.6) is 0 Å². The molecule has 0 aliphatic heterocycles. The number of aryl methyl sites for hydroxylation is 1. The molecular weight excluding hydrogens is 216 g/mol. The van der Waals surface area contributed by atoms with Crippen LogP contribution in [-0.4, -0.2) is 27.1 Å². The van der Waals surface area contributed by atoms with Crippen molar-refractivity contribution in [2.75, 3.05) is 6.54 Å². The van der Waals surface area contributed by atoms with E-state index in [0.717, 1.165) is 12.8 Å². The first kappa shape index (κ1) is 11.3. The fraction of sp³-hybridized carbons (Fsp3) is 0.250. The van der Waals surface area contributed by atoms with Gasteiger partial charge in [-0.15, -0.1) is 0 Å². The number of pyridine rings is 1. The predicted octanol–water partition coefficient (Wildman–Crippen LogP) is 1.47. The molecule has 0 spiro atoms. The number of carbonyl (C=O) groups excluding carboxylic acids is 1. The average molecular weight is 230 g/mol. The highest BCUT2D eigenvalue weighted by Gasteiger charge is 2.01. The van der Waals surface area contributed by atoms with Crippen LogP contribution in [0.3, 0.4) is 0 Å². The maximum atomic E-state index is 11.5. The van der Waals surface area contributed by atoms with Gasteiger partial charge in [0.05, 0.1) is 0 Å². The molecule has 0 saturated heterocycles. The van der Waals surface area contributed by atoms with Crippen molar-refractivity contribution < 1.29 is 4.79 Å². The van der Waals surface area contributed by atoms with Crippen molar-refractivity contribution in [2.45, 2.75) is 12.8 Å². The molecule has 1 N–H and O–H groups in total. The van der Waals surface area contributed by atoms with Crippen LogP contribution in [0.2, 0.25) is 0 Å². The third-order valence-electron chi connectivity index (χ3n) is 2.41. The van der Waals surface area contributed by atoms with Gasteiger partial charge in [0, 0.05) is 31.3 Å². The third kappa shape index (κ3) is 3.41. The molecule has 5 heteroatoms. The molecule has 0 aromatic carbocycles. The molecule has 0 bridgehead atoms. The van der Waals surface area contributed by atoms with E-state index >= 15 is 0 Å². The van der Waals surface area contributed by atoms with Crippen molar-refractivity contribution in [3.63, 3.8) is 0 Å². The first-order valence-corrected chi connectivity index (χ1v) is 5.51. The summed E-state index contributed by atoms with van der Waals surface area (Å²) in [4.78, 5) is 19.3. The van der Waals surface area contributed by atoms with Gasteiger partial charge >= 0.3 is 6.03 Å². The zero-order valence-electron chi connectivity index (χ0n) is 9.41. The van der Waals surface area contributed by atoms with E-state index in [-0.39, 0.29) is 6.03 Å². The minimum atomic E-state index is -0.141. The first-order chi connectivity index (χ1) is 8.36. The lowest BCUT2D eigenvalue weighted by Gasteiger charge is -2.05. The molecule has 0 radical (unpaired) electrons. The van der Waals surface area contributed by atoms with Gasteiger partial charge in [-0.05, 0) is 30.5 Å². The molecule has 2 rings (SSSR count). The minimum absolute atomic E-state index is 0.141. The van der Waals surface area contributed by atoms with Crippen LogP contribution in [0.1, 0.15) is 12.0 Å². The Morgan fingerprint density at radius 2 is 2.06 bits per heavy atom. The molecular formula is C12H14N4O. The third-order valence-corrected chi connectivity index (χ3v) is 2.41. The first-order valence-electron chi connectivity index (χ1n) is 5.51. The summed E-state index contributed by atoms with van der Waals surface area (Å²) in [5.74, 6) is 0. The molecule has 0 saturated carbocycles. The molecule has 17 heavy (non-hydrogen) atoms. The van der Waals surface area contributed by atoms with Crippen LogP contribution in [0.15, 0.2) is 43.2 Å². The Balaban J connectivity index is 1.69. The zero-order chi connectivity index (χ0) is 11.9. The van der Waals surface area contributed by atoms with Crippen LogP contribution >= 0.6 is 0 Å². The van der Waals surface area contributed by atoms with Crippen LogP contribution < -0.4 is 5.32 Å². The Kier molecular flexibility index (Phi) is 3.85. The molecule has 88 valence electrons. The van der Waals surface area contributed by atoms with E-state index in [4.69, 9.17) is 0 Å². The molecule has 0 aliphatic rings. The van der Waals surface area contributed by atoms with E-state index in [1.807, 2.05) is 12.1 Å². The van der Waals surface area contributed by atoms with E-state index in [1.54, 1.807) is 24.8 Å². The molecule has 2 aromatic heterocycles. The number of amides is 1. The van der Waals surface area contributed by atoms with Crippen molar-refractivity contribution in [2.24, 2.45) is 0 Å². The summed E-state index contributed by atoms with van der Waals surface area (Å²) in [7, 11) is 0. The van der Waals surface area contributed by atoms with E-state index in [1.165, 1.54) is 16.5 Å². The van der Waals surface area contributed by atoms with Crippen molar-refractivity contribution >= 4 is 6.03 Å². The number of nitrogens with one attached hydrogen (secondary N) is 1. The van der Waals surface area contributed by atoms with Crippen molar-refractivity contribution in [3.05, 3.63) is 48.8 Å². The van der Waals surface area contributed by atoms with Gasteiger partial charge in [-0.2, -0.15) is 0 Å². The Hall–Kier alpha value is -2.17. The molecule has 0 fully saturated rings. The van der Waals surface area contributed by atoms with Gasteiger partial charge in [-0.25, -0.2) is 9.78 Å². The van der Waals surface area contributed by atoms with Crippen LogP contribution in [0.4, 0.5) is 4.79 Å². The van der Waals surface area contributed by atoms with E-state index in [9.17, 15) is 4.79 Å². The van der Waals surface area contributed by atoms with Gasteiger partial charge in [0.1, 0.15) is 6.33 Å². The molecule has 0 atom stereocenters. The number of rotatable bonds is 4. The van der Waals surface area contributed by atoms with Crippen molar-refractivity contribution in [1.82, 2.24) is 19.9 Å². The fourth-order valence-corrected chi connectivity index (χ4v) is 1.51. The second-order valence-electron chi connectivity index (χ2n) is 3.66. The highest BCUT2D eigenvalue weighted by atomic mass is 16.2. The lowest BCUT2D eigenvalue weighted by Crippen LogP contribution is -2.28. The van der Waals surface area contributed by atoms with Crippen LogP contribution in [-0.2, 0) is 6.42 Å². The smallest absolute Gasteiger partial charge is 0.326 e. The quantitative estimate of drug-likeness (QED) is 0.809. The fourth-order valence-electron chi connectivity index (χ4n) is 1.51. The summed E-state index contributed by atoms with van der Waals surface area (Å²) < 4.78 is 1.42. The summed E-state index contributed by atoms with van der Waals surface area (Å²) in [5, 5.41) is 2.82. The number of hydrogen-bond donors (Lipinski definition) is 1. The molecule has 2 aromatic rings. The summed E-state index contributed by atoms with van der Waals surface area (Å²) in [6.07, 6.45) is 10.1. The monoisotopic (exact) mass is 230 g/mol. The molecule has 0 unspecified atom stereocenters. The highest BCUT2D eigenvalue weighted by molar-refractivity contribution is 5.76. The second-order valence-corrected chi connectivity index (χ2v) is 3.66. The number of nitrogens with zero attached hydrogens (tertiary/aromatic N) is 3. The van der Waals surface area contributed by atoms with E-state index in [2.05, 4.69) is 15.3 Å². The van der Waals surface area contributed by atoms with Crippen LogP contribution in [0.25, 0.3) is 0 Å². The summed E-state index contributed by atoms with van der Waals surface area (Å²) in [6, 6.07) is 3.83. The highest BCUT2D eigenvalue weighted by Crippen LogP contribution is 1.99. The Labute approximate surface area is 99.5 Å². The van der Waals surface area contributed by atoms with Crippen LogP contribution in [0, 0.1) is 0 Å². The predicted molar refractivity (Wildman–Crippen MR) is 63.6 cm³/mol. The molecule has 1 amide bonds. The minimum Gasteiger partial charge on any atom is -0.337 e. The van der Waals surface area contributed by atoms with Gasteiger partial charge in [-0.1, -0.05) is 0 Å². The number of aromatic nitrogens is 3. The summed E-state index contributed by atoms with van der Waals surface area (Å²) in [6.45, 7) is 0.652. The zero-order valence-corrected chi connectivity index (χ0v) is 9.41. The topological polar surface area (TPSA) is 59.8 Å².